The smallest absolute Gasteiger partial charge is 0.152 e. The number of aliphatic hydroxyl groups is 3. The molecule has 0 spiro atoms. The van der Waals surface area contributed by atoms with Crippen LogP contribution in [0.25, 0.3) is 5.52 Å². The van der Waals surface area contributed by atoms with Crippen LogP contribution in [0.1, 0.15) is 23.7 Å². The first kappa shape index (κ1) is 15.6. The molecule has 0 unspecified atom stereocenters. The Hall–Kier alpha value is -2.27. The van der Waals surface area contributed by atoms with Crippen LogP contribution in [-0.2, 0) is 0 Å². The van der Waals surface area contributed by atoms with Crippen molar-refractivity contribution in [1.82, 2.24) is 19.9 Å². The van der Waals surface area contributed by atoms with Crippen LogP contribution in [0, 0.1) is 5.41 Å². The minimum atomic E-state index is -1.10. The summed E-state index contributed by atoms with van der Waals surface area (Å²) in [6.07, 6.45) is -0.564. The highest BCUT2D eigenvalue weighted by atomic mass is 16.3. The van der Waals surface area contributed by atoms with E-state index in [0.29, 0.717) is 23.2 Å². The monoisotopic (exact) mass is 321 g/mol. The summed E-state index contributed by atoms with van der Waals surface area (Å²) in [7, 11) is 0. The summed E-state index contributed by atoms with van der Waals surface area (Å²) in [5.74, 6) is -0.0356. The lowest BCUT2D eigenvalue weighted by Gasteiger charge is -2.15. The summed E-state index contributed by atoms with van der Waals surface area (Å²) < 4.78 is 1.45. The summed E-state index contributed by atoms with van der Waals surface area (Å²) >= 11 is 0. The molecule has 0 aromatic carbocycles. The van der Waals surface area contributed by atoms with Gasteiger partial charge < -0.3 is 32.1 Å². The van der Waals surface area contributed by atoms with Crippen LogP contribution in [0.2, 0.25) is 0 Å². The van der Waals surface area contributed by atoms with Gasteiger partial charge in [-0.1, -0.05) is 0 Å². The molecule has 1 saturated heterocycles. The number of hydrogen-bond acceptors (Lipinski definition) is 8. The molecule has 0 radical (unpaired) electrons. The first-order chi connectivity index (χ1) is 11.0. The molecule has 1 aliphatic heterocycles. The number of hydrogen-bond donors (Lipinski definition) is 7. The molecule has 10 heteroatoms. The summed E-state index contributed by atoms with van der Waals surface area (Å²) in [6, 6.07) is 0.499. The van der Waals surface area contributed by atoms with Crippen molar-refractivity contribution in [3.8, 4) is 0 Å². The Balaban J connectivity index is 2.10. The first-order valence-corrected chi connectivity index (χ1v) is 7.15. The number of rotatable bonds is 4. The second kappa shape index (κ2) is 5.74. The maximum atomic E-state index is 10.3. The van der Waals surface area contributed by atoms with E-state index < -0.39 is 24.3 Å². The van der Waals surface area contributed by atoms with Gasteiger partial charge in [0.25, 0.3) is 0 Å². The van der Waals surface area contributed by atoms with E-state index in [4.69, 9.17) is 22.0 Å². The third kappa shape index (κ3) is 2.41. The van der Waals surface area contributed by atoms with E-state index in [1.54, 1.807) is 6.07 Å². The van der Waals surface area contributed by atoms with Gasteiger partial charge in [0.15, 0.2) is 5.82 Å². The van der Waals surface area contributed by atoms with E-state index in [9.17, 15) is 10.2 Å². The minimum absolute atomic E-state index is 0.114. The molecule has 10 nitrogen and oxygen atoms in total. The first-order valence-electron chi connectivity index (χ1n) is 7.15. The molecule has 23 heavy (non-hydrogen) atoms. The third-order valence-corrected chi connectivity index (χ3v) is 4.16. The molecule has 0 saturated carbocycles. The molecule has 3 rings (SSSR count). The van der Waals surface area contributed by atoms with Crippen LogP contribution in [0.5, 0.6) is 0 Å². The Morgan fingerprint density at radius 1 is 1.39 bits per heavy atom. The van der Waals surface area contributed by atoms with Crippen LogP contribution in [0.4, 0.5) is 5.82 Å². The molecule has 2 aromatic heterocycles. The van der Waals surface area contributed by atoms with Crippen LogP contribution >= 0.6 is 0 Å². The molecule has 1 aliphatic rings. The van der Waals surface area contributed by atoms with E-state index in [0.717, 1.165) is 0 Å². The molecular formula is C13H19N7O3. The summed E-state index contributed by atoms with van der Waals surface area (Å²) in [4.78, 5) is 3.90. The zero-order valence-corrected chi connectivity index (χ0v) is 12.2. The van der Waals surface area contributed by atoms with Crippen molar-refractivity contribution in [1.29, 1.82) is 5.41 Å². The Morgan fingerprint density at radius 2 is 2.13 bits per heavy atom. The Bertz CT molecular complexity index is 746. The highest BCUT2D eigenvalue weighted by Gasteiger charge is 2.43. The molecule has 2 aromatic rings. The molecular weight excluding hydrogens is 302 g/mol. The van der Waals surface area contributed by atoms with Gasteiger partial charge in [-0.3, -0.25) is 5.41 Å². The van der Waals surface area contributed by atoms with Crippen LogP contribution in [0.15, 0.2) is 12.4 Å². The van der Waals surface area contributed by atoms with Crippen LogP contribution in [0.3, 0.4) is 0 Å². The van der Waals surface area contributed by atoms with Crippen molar-refractivity contribution in [3.05, 3.63) is 23.7 Å². The largest absolute Gasteiger partial charge is 0.396 e. The number of nitrogens with two attached hydrogens (primary N) is 2. The van der Waals surface area contributed by atoms with Crippen molar-refractivity contribution >= 4 is 17.2 Å². The molecule has 9 N–H and O–H groups in total. The second-order valence-corrected chi connectivity index (χ2v) is 5.55. The maximum Gasteiger partial charge on any atom is 0.152 e. The molecule has 0 aliphatic carbocycles. The topological polar surface area (TPSA) is 179 Å². The van der Waals surface area contributed by atoms with Crippen molar-refractivity contribution in [2.75, 3.05) is 12.3 Å². The van der Waals surface area contributed by atoms with Gasteiger partial charge in [0.2, 0.25) is 0 Å². The SMILES string of the molecule is N=C(N)c1cc([C@@H]2N[C@H](CCO)[C@@H](O)[C@H]2O)n2ncnc(N)c12. The minimum Gasteiger partial charge on any atom is -0.396 e. The lowest BCUT2D eigenvalue weighted by atomic mass is 10.0. The number of anilines is 1. The standard InChI is InChI=1S/C13H19N7O3/c14-12(15)5-3-7(20-9(5)13(16)17-4-18-20)8-11(23)10(22)6(19-8)1-2-21/h3-4,6,8,10-11,19,21-23H,1-2H2,(H3,14,15)(H2,16,17,18)/t6-,8+,10-,11+/m1/s1. The van der Waals surface area contributed by atoms with E-state index in [1.807, 2.05) is 0 Å². The zero-order chi connectivity index (χ0) is 16.7. The average Bonchev–Trinajstić information content (AvgIpc) is 3.02. The fourth-order valence-electron chi connectivity index (χ4n) is 3.04. The molecule has 4 atom stereocenters. The van der Waals surface area contributed by atoms with Crippen LogP contribution in [-0.4, -0.2) is 60.6 Å². The predicted octanol–water partition coefficient (Wildman–Crippen LogP) is -2.29. The summed E-state index contributed by atoms with van der Waals surface area (Å²) in [6.45, 7) is -0.114. The number of nitrogens with one attached hydrogen (secondary N) is 2. The fraction of sp³-hybridized carbons (Fsp3) is 0.462. The normalized spacial score (nSPS) is 27.6. The molecule has 124 valence electrons. The Labute approximate surface area is 131 Å². The number of fused-ring (bicyclic) bond motifs is 1. The van der Waals surface area contributed by atoms with E-state index in [1.165, 1.54) is 10.8 Å². The number of nitrogens with zero attached hydrogens (tertiary/aromatic N) is 3. The quantitative estimate of drug-likeness (QED) is 0.243. The van der Waals surface area contributed by atoms with Gasteiger partial charge in [-0.05, 0) is 12.5 Å². The molecule has 0 amide bonds. The Kier molecular flexibility index (Phi) is 3.90. The maximum absolute atomic E-state index is 10.3. The molecule has 3 heterocycles. The fourth-order valence-corrected chi connectivity index (χ4v) is 3.04. The number of nitrogen functional groups attached to an aromatic ring is 2. The van der Waals surface area contributed by atoms with E-state index in [-0.39, 0.29) is 18.3 Å². The second-order valence-electron chi connectivity index (χ2n) is 5.55. The van der Waals surface area contributed by atoms with Crippen molar-refractivity contribution < 1.29 is 15.3 Å². The highest BCUT2D eigenvalue weighted by molar-refractivity contribution is 6.04. The van der Waals surface area contributed by atoms with E-state index in [2.05, 4.69) is 15.4 Å². The lowest BCUT2D eigenvalue weighted by Crippen LogP contribution is -2.33. The summed E-state index contributed by atoms with van der Waals surface area (Å²) in [5, 5.41) is 44.3. The number of amidine groups is 1. The van der Waals surface area contributed by atoms with Crippen LogP contribution < -0.4 is 16.8 Å². The van der Waals surface area contributed by atoms with Gasteiger partial charge in [-0.2, -0.15) is 5.10 Å². The van der Waals surface area contributed by atoms with Gasteiger partial charge in [-0.25, -0.2) is 9.50 Å². The lowest BCUT2D eigenvalue weighted by molar-refractivity contribution is 0.0240. The summed E-state index contributed by atoms with van der Waals surface area (Å²) in [5.41, 5.74) is 12.7. The predicted molar refractivity (Wildman–Crippen MR) is 81.8 cm³/mol. The Morgan fingerprint density at radius 3 is 2.78 bits per heavy atom. The van der Waals surface area contributed by atoms with Gasteiger partial charge in [0.05, 0.1) is 17.8 Å². The van der Waals surface area contributed by atoms with Crippen molar-refractivity contribution in [3.63, 3.8) is 0 Å². The van der Waals surface area contributed by atoms with Gasteiger partial charge in [0, 0.05) is 18.2 Å². The molecule has 1 fully saturated rings. The third-order valence-electron chi connectivity index (χ3n) is 4.16. The highest BCUT2D eigenvalue weighted by Crippen LogP contribution is 2.32. The van der Waals surface area contributed by atoms with Gasteiger partial charge in [0.1, 0.15) is 23.8 Å². The zero-order valence-electron chi connectivity index (χ0n) is 12.2. The van der Waals surface area contributed by atoms with Gasteiger partial charge in [-0.15, -0.1) is 0 Å². The van der Waals surface area contributed by atoms with E-state index >= 15 is 0 Å². The molecule has 0 bridgehead atoms. The average molecular weight is 321 g/mol. The van der Waals surface area contributed by atoms with Crippen molar-refractivity contribution in [2.45, 2.75) is 30.7 Å². The number of aromatic nitrogens is 3. The van der Waals surface area contributed by atoms with Crippen molar-refractivity contribution in [2.24, 2.45) is 5.73 Å². The van der Waals surface area contributed by atoms with Gasteiger partial charge >= 0.3 is 0 Å². The number of aliphatic hydroxyl groups excluding tert-OH is 3.